The predicted molar refractivity (Wildman–Crippen MR) is 90.2 cm³/mol. The summed E-state index contributed by atoms with van der Waals surface area (Å²) in [6, 6.07) is 5.27. The number of nitrogens with one attached hydrogen (secondary N) is 1. The van der Waals surface area contributed by atoms with Crippen LogP contribution in [0.1, 0.15) is 13.3 Å². The molecule has 1 amide bonds. The number of halogens is 1. The molecule has 1 fully saturated rings. The number of carbonyl (C=O) groups excluding carboxylic acids is 1. The molecule has 2 atom stereocenters. The Bertz CT molecular complexity index is 867. The fourth-order valence-corrected chi connectivity index (χ4v) is 4.76. The molecule has 0 aliphatic carbocycles. The van der Waals surface area contributed by atoms with Crippen molar-refractivity contribution in [3.05, 3.63) is 30.1 Å². The average Bonchev–Trinajstić information content (AvgIpc) is 3.14. The summed E-state index contributed by atoms with van der Waals surface area (Å²) in [5.74, 6) is -0.335. The maximum atomic E-state index is 12.9. The van der Waals surface area contributed by atoms with Crippen molar-refractivity contribution < 1.29 is 22.0 Å². The van der Waals surface area contributed by atoms with Gasteiger partial charge in [-0.05, 0) is 37.6 Å². The maximum absolute atomic E-state index is 12.9. The summed E-state index contributed by atoms with van der Waals surface area (Å²) in [4.78, 5) is 12.2. The Morgan fingerprint density at radius 1 is 1.36 bits per heavy atom. The van der Waals surface area contributed by atoms with Gasteiger partial charge in [0.05, 0.1) is 16.8 Å². The second-order valence-corrected chi connectivity index (χ2v) is 9.27. The Labute approximate surface area is 148 Å². The molecule has 0 bridgehead atoms. The highest BCUT2D eigenvalue weighted by atomic mass is 32.2. The van der Waals surface area contributed by atoms with Gasteiger partial charge in [0.1, 0.15) is 5.82 Å². The molecule has 1 saturated heterocycles. The first-order valence-electron chi connectivity index (χ1n) is 7.59. The van der Waals surface area contributed by atoms with Gasteiger partial charge in [-0.15, -0.1) is 10.2 Å². The molecule has 1 aromatic carbocycles. The molecule has 2 heterocycles. The highest BCUT2D eigenvalue weighted by Gasteiger charge is 2.30. The third kappa shape index (κ3) is 4.57. The van der Waals surface area contributed by atoms with E-state index < -0.39 is 15.1 Å². The molecule has 0 unspecified atom stereocenters. The van der Waals surface area contributed by atoms with Gasteiger partial charge >= 0.3 is 0 Å². The van der Waals surface area contributed by atoms with Crippen LogP contribution in [0.15, 0.2) is 33.9 Å². The predicted octanol–water partition coefficient (Wildman–Crippen LogP) is 1.66. The smallest absolute Gasteiger partial charge is 0.277 e. The molecule has 1 N–H and O–H groups in total. The van der Waals surface area contributed by atoms with E-state index in [1.165, 1.54) is 24.3 Å². The van der Waals surface area contributed by atoms with Crippen molar-refractivity contribution in [2.75, 3.05) is 11.5 Å². The maximum Gasteiger partial charge on any atom is 0.277 e. The van der Waals surface area contributed by atoms with Gasteiger partial charge in [-0.25, -0.2) is 12.8 Å². The highest BCUT2D eigenvalue weighted by molar-refractivity contribution is 8.00. The third-order valence-corrected chi connectivity index (χ3v) is 6.43. The Kier molecular flexibility index (Phi) is 5.09. The van der Waals surface area contributed by atoms with E-state index in [2.05, 4.69) is 15.5 Å². The molecular weight excluding hydrogens is 369 g/mol. The molecule has 2 aromatic rings. The van der Waals surface area contributed by atoms with Crippen LogP contribution < -0.4 is 5.32 Å². The van der Waals surface area contributed by atoms with Crippen molar-refractivity contribution in [3.63, 3.8) is 0 Å². The van der Waals surface area contributed by atoms with Crippen LogP contribution in [0.3, 0.4) is 0 Å². The number of amides is 1. The van der Waals surface area contributed by atoms with Crippen LogP contribution in [-0.4, -0.2) is 47.3 Å². The van der Waals surface area contributed by atoms with Crippen molar-refractivity contribution in [1.82, 2.24) is 15.5 Å². The zero-order valence-electron chi connectivity index (χ0n) is 13.3. The van der Waals surface area contributed by atoms with Gasteiger partial charge in [0.2, 0.25) is 11.8 Å². The summed E-state index contributed by atoms with van der Waals surface area (Å²) in [6.07, 6.45) is 0.431. The Morgan fingerprint density at radius 3 is 2.72 bits per heavy atom. The van der Waals surface area contributed by atoms with E-state index >= 15 is 0 Å². The van der Waals surface area contributed by atoms with Crippen molar-refractivity contribution in [2.45, 2.75) is 29.9 Å². The minimum Gasteiger partial charge on any atom is -0.411 e. The van der Waals surface area contributed by atoms with Gasteiger partial charge in [0, 0.05) is 11.6 Å². The lowest BCUT2D eigenvalue weighted by Crippen LogP contribution is -2.39. The van der Waals surface area contributed by atoms with Gasteiger partial charge in [0.25, 0.3) is 5.22 Å². The minimum absolute atomic E-state index is 0.0224. The van der Waals surface area contributed by atoms with Crippen LogP contribution in [-0.2, 0) is 14.6 Å². The van der Waals surface area contributed by atoms with Gasteiger partial charge in [-0.2, -0.15) is 0 Å². The van der Waals surface area contributed by atoms with Crippen molar-refractivity contribution in [3.8, 4) is 11.5 Å². The first-order valence-corrected chi connectivity index (χ1v) is 10.3. The van der Waals surface area contributed by atoms with Crippen molar-refractivity contribution in [2.24, 2.45) is 0 Å². The molecule has 25 heavy (non-hydrogen) atoms. The number of hydrogen-bond donors (Lipinski definition) is 1. The second kappa shape index (κ2) is 7.12. The van der Waals surface area contributed by atoms with Gasteiger partial charge < -0.3 is 9.73 Å². The topological polar surface area (TPSA) is 102 Å². The zero-order valence-corrected chi connectivity index (χ0v) is 14.9. The number of thioether (sulfide) groups is 1. The average molecular weight is 385 g/mol. The normalized spacial score (nSPS) is 20.3. The standard InChI is InChI=1S/C15H16FN3O4S2/c1-9(13(20)17-12-6-7-25(21,22)8-12)24-15-19-18-14(23-15)10-2-4-11(16)5-3-10/h2-5,9,12H,6-8H2,1H3,(H,17,20)/t9-,12-/m1/s1. The fraction of sp³-hybridized carbons (Fsp3) is 0.400. The molecule has 7 nitrogen and oxygen atoms in total. The molecule has 3 rings (SSSR count). The summed E-state index contributed by atoms with van der Waals surface area (Å²) in [6.45, 7) is 1.67. The first kappa shape index (κ1) is 17.9. The Morgan fingerprint density at radius 2 is 2.08 bits per heavy atom. The van der Waals surface area contributed by atoms with Crippen molar-refractivity contribution in [1.29, 1.82) is 0 Å². The lowest BCUT2D eigenvalue weighted by Gasteiger charge is -2.14. The molecule has 134 valence electrons. The van der Waals surface area contributed by atoms with Crippen LogP contribution in [0, 0.1) is 5.82 Å². The van der Waals surface area contributed by atoms with E-state index in [9.17, 15) is 17.6 Å². The van der Waals surface area contributed by atoms with E-state index in [0.29, 0.717) is 12.0 Å². The van der Waals surface area contributed by atoms with Crippen LogP contribution in [0.5, 0.6) is 0 Å². The molecule has 10 heteroatoms. The monoisotopic (exact) mass is 385 g/mol. The number of benzene rings is 1. The van der Waals surface area contributed by atoms with Gasteiger partial charge in [-0.1, -0.05) is 11.8 Å². The number of sulfone groups is 1. The van der Waals surface area contributed by atoms with Gasteiger partial charge in [0.15, 0.2) is 9.84 Å². The lowest BCUT2D eigenvalue weighted by atomic mass is 10.2. The molecule has 0 spiro atoms. The van der Waals surface area contributed by atoms with E-state index in [1.807, 2.05) is 0 Å². The highest BCUT2D eigenvalue weighted by Crippen LogP contribution is 2.26. The Hall–Kier alpha value is -1.94. The minimum atomic E-state index is -3.05. The zero-order chi connectivity index (χ0) is 18.0. The van der Waals surface area contributed by atoms with E-state index in [4.69, 9.17) is 4.42 Å². The van der Waals surface area contributed by atoms with Crippen LogP contribution >= 0.6 is 11.8 Å². The molecule has 1 aromatic heterocycles. The molecule has 0 radical (unpaired) electrons. The van der Waals surface area contributed by atoms with Gasteiger partial charge in [-0.3, -0.25) is 4.79 Å². The molecule has 1 aliphatic rings. The Balaban J connectivity index is 1.58. The summed E-state index contributed by atoms with van der Waals surface area (Å²) in [5.41, 5.74) is 0.578. The van der Waals surface area contributed by atoms with E-state index in [1.54, 1.807) is 6.92 Å². The first-order chi connectivity index (χ1) is 11.8. The lowest BCUT2D eigenvalue weighted by molar-refractivity contribution is -0.120. The summed E-state index contributed by atoms with van der Waals surface area (Å²) in [5, 5.41) is 10.2. The molecule has 0 saturated carbocycles. The number of aromatic nitrogens is 2. The van der Waals surface area contributed by atoms with E-state index in [0.717, 1.165) is 11.8 Å². The summed E-state index contributed by atoms with van der Waals surface area (Å²) < 4.78 is 41.3. The van der Waals surface area contributed by atoms with Crippen molar-refractivity contribution >= 4 is 27.5 Å². The van der Waals surface area contributed by atoms with Crippen LogP contribution in [0.2, 0.25) is 0 Å². The number of carbonyl (C=O) groups is 1. The third-order valence-electron chi connectivity index (χ3n) is 3.72. The number of nitrogens with zero attached hydrogens (tertiary/aromatic N) is 2. The fourth-order valence-electron chi connectivity index (χ4n) is 2.40. The molecular formula is C15H16FN3O4S2. The number of hydrogen-bond acceptors (Lipinski definition) is 7. The molecule has 1 aliphatic heterocycles. The quantitative estimate of drug-likeness (QED) is 0.781. The van der Waals surface area contributed by atoms with Crippen LogP contribution in [0.25, 0.3) is 11.5 Å². The van der Waals surface area contributed by atoms with Crippen LogP contribution in [0.4, 0.5) is 4.39 Å². The second-order valence-electron chi connectivity index (χ2n) is 5.75. The summed E-state index contributed by atoms with van der Waals surface area (Å²) >= 11 is 1.08. The van der Waals surface area contributed by atoms with E-state index in [-0.39, 0.29) is 40.4 Å². The number of rotatable bonds is 5. The SMILES string of the molecule is C[C@@H](Sc1nnc(-c2ccc(F)cc2)o1)C(=O)N[C@@H]1CCS(=O)(=O)C1. The largest absolute Gasteiger partial charge is 0.411 e. The summed E-state index contributed by atoms with van der Waals surface area (Å²) in [7, 11) is -3.05.